The van der Waals surface area contributed by atoms with Crippen molar-refractivity contribution in [2.45, 2.75) is 26.1 Å². The van der Waals surface area contributed by atoms with Crippen molar-refractivity contribution in [1.29, 1.82) is 0 Å². The van der Waals surface area contributed by atoms with Crippen LogP contribution in [0.4, 0.5) is 0 Å². The molecule has 0 aliphatic heterocycles. The molecule has 0 heterocycles. The molecule has 0 radical (unpaired) electrons. The molecule has 1 atom stereocenters. The second kappa shape index (κ2) is 7.85. The van der Waals surface area contributed by atoms with Crippen molar-refractivity contribution in [1.82, 2.24) is 0 Å². The van der Waals surface area contributed by atoms with E-state index in [0.29, 0.717) is 5.92 Å². The molecule has 0 nitrogen and oxygen atoms in total. The summed E-state index contributed by atoms with van der Waals surface area (Å²) in [5.74, 6) is 1.82. The minimum absolute atomic E-state index is 0.639. The molecule has 0 N–H and O–H groups in total. The summed E-state index contributed by atoms with van der Waals surface area (Å²) in [6.45, 7) is 6.72. The molecule has 0 spiro atoms. The summed E-state index contributed by atoms with van der Waals surface area (Å²) < 4.78 is 0. The van der Waals surface area contributed by atoms with Crippen LogP contribution in [0, 0.1) is 12.8 Å². The van der Waals surface area contributed by atoms with Crippen LogP contribution in [0.1, 0.15) is 30.5 Å². The predicted molar refractivity (Wildman–Crippen MR) is 93.1 cm³/mol. The number of halogens is 2. The Morgan fingerprint density at radius 1 is 1.53 bits per heavy atom. The molecule has 1 unspecified atom stereocenters. The normalized spacial score (nSPS) is 13.8. The molecule has 0 saturated heterocycles. The van der Waals surface area contributed by atoms with Crippen molar-refractivity contribution in [3.05, 3.63) is 40.5 Å². The number of alkyl halides is 1. The van der Waals surface area contributed by atoms with Crippen molar-refractivity contribution in [3.63, 3.8) is 0 Å². The third-order valence-corrected chi connectivity index (χ3v) is 5.33. The lowest BCUT2D eigenvalue weighted by Gasteiger charge is -2.13. The van der Waals surface area contributed by atoms with Crippen molar-refractivity contribution in [3.8, 4) is 0 Å². The van der Waals surface area contributed by atoms with Gasteiger partial charge in [-0.25, -0.2) is 0 Å². The van der Waals surface area contributed by atoms with Crippen molar-refractivity contribution < 1.29 is 0 Å². The molecule has 0 bridgehead atoms. The molecule has 94 valence electrons. The highest BCUT2D eigenvalue weighted by Crippen LogP contribution is 2.25. The number of rotatable bonds is 5. The molecule has 0 saturated carbocycles. The Morgan fingerprint density at radius 3 is 2.82 bits per heavy atom. The van der Waals surface area contributed by atoms with Gasteiger partial charge in [-0.2, -0.15) is 0 Å². The molecular weight excluding hydrogens is 407 g/mol. The molecule has 1 aromatic rings. The van der Waals surface area contributed by atoms with E-state index in [0.717, 1.165) is 5.33 Å². The van der Waals surface area contributed by atoms with Crippen molar-refractivity contribution >= 4 is 52.1 Å². The van der Waals surface area contributed by atoms with E-state index < -0.39 is 0 Å². The zero-order chi connectivity index (χ0) is 12.8. The van der Waals surface area contributed by atoms with Crippen LogP contribution < -0.4 is 0 Å². The van der Waals surface area contributed by atoms with Gasteiger partial charge in [0.25, 0.3) is 0 Å². The first-order valence-corrected chi connectivity index (χ1v) is 10.3. The van der Waals surface area contributed by atoms with E-state index >= 15 is 0 Å². The quantitative estimate of drug-likeness (QED) is 0.411. The second-order valence-corrected chi connectivity index (χ2v) is 7.33. The van der Waals surface area contributed by atoms with Crippen LogP contribution in [-0.2, 0) is 5.33 Å². The fourth-order valence-electron chi connectivity index (χ4n) is 1.66. The highest BCUT2D eigenvalue weighted by atomic mass is 127. The Bertz CT molecular complexity index is 401. The molecule has 1 aromatic carbocycles. The molecule has 0 aliphatic carbocycles. The summed E-state index contributed by atoms with van der Waals surface area (Å²) in [4.78, 5) is 0. The first-order valence-electron chi connectivity index (χ1n) is 5.66. The van der Waals surface area contributed by atoms with E-state index in [-0.39, 0.29) is 0 Å². The summed E-state index contributed by atoms with van der Waals surface area (Å²) in [5, 5.41) is 0.920. The topological polar surface area (TPSA) is 0 Å². The fourth-order valence-corrected chi connectivity index (χ4v) is 4.22. The molecule has 1 rings (SSSR count). The van der Waals surface area contributed by atoms with E-state index in [1.807, 2.05) is 8.93 Å². The molecule has 3 heteroatoms. The van der Waals surface area contributed by atoms with Crippen LogP contribution in [0.25, 0.3) is 6.08 Å². The van der Waals surface area contributed by atoms with Crippen LogP contribution in [-0.4, -0.2) is 5.75 Å². The maximum atomic E-state index is 3.57. The Kier molecular flexibility index (Phi) is 7.19. The zero-order valence-corrected chi connectivity index (χ0v) is 15.0. The highest BCUT2D eigenvalue weighted by molar-refractivity contribution is 14.2. The second-order valence-electron chi connectivity index (χ2n) is 4.35. The van der Waals surface area contributed by atoms with Gasteiger partial charge in [0.2, 0.25) is 0 Å². The smallest absolute Gasteiger partial charge is 0.0289 e. The Morgan fingerprint density at radius 2 is 2.24 bits per heavy atom. The average molecular weight is 425 g/mol. The molecule has 0 amide bonds. The van der Waals surface area contributed by atoms with E-state index in [2.05, 4.69) is 82.2 Å². The van der Waals surface area contributed by atoms with Gasteiger partial charge >= 0.3 is 0 Å². The molecule has 0 aliphatic rings. The maximum Gasteiger partial charge on any atom is 0.0289 e. The summed E-state index contributed by atoms with van der Waals surface area (Å²) in [5.41, 5.74) is 5.58. The Labute approximate surface area is 129 Å². The van der Waals surface area contributed by atoms with Gasteiger partial charge in [-0.15, -0.1) is 0 Å². The van der Waals surface area contributed by atoms with Crippen LogP contribution >= 0.6 is 46.1 Å². The Balaban J connectivity index is 3.04. The molecule has 17 heavy (non-hydrogen) atoms. The summed E-state index contributed by atoms with van der Waals surface area (Å²) in [6, 6.07) is 6.50. The van der Waals surface area contributed by atoms with Crippen LogP contribution in [0.5, 0.6) is 0 Å². The average Bonchev–Trinajstić information content (AvgIpc) is 2.31. The lowest BCUT2D eigenvalue weighted by atomic mass is 9.97. The van der Waals surface area contributed by atoms with E-state index in [4.69, 9.17) is 0 Å². The van der Waals surface area contributed by atoms with Crippen LogP contribution in [0.15, 0.2) is 23.8 Å². The van der Waals surface area contributed by atoms with Crippen LogP contribution in [0.2, 0.25) is 0 Å². The first kappa shape index (κ1) is 15.6. The maximum absolute atomic E-state index is 3.57. The van der Waals surface area contributed by atoms with Gasteiger partial charge in [-0.1, -0.05) is 61.6 Å². The zero-order valence-electron chi connectivity index (χ0n) is 10.5. The summed E-state index contributed by atoms with van der Waals surface area (Å²) >= 11 is 5.94. The van der Waals surface area contributed by atoms with Crippen molar-refractivity contribution in [2.24, 2.45) is 5.92 Å². The number of benzene rings is 1. The van der Waals surface area contributed by atoms with Gasteiger partial charge in [0, 0.05) is 11.1 Å². The standard InChI is InChI=1S/C14H18BrIS/c1-10-5-4-6-13(8-15)14(10)7-11(2)12(3)9-17-16/h4-7,12H,8-9H2,1-3H3/b11-7-. The lowest BCUT2D eigenvalue weighted by Crippen LogP contribution is -1.99. The van der Waals surface area contributed by atoms with Crippen LogP contribution in [0.3, 0.4) is 0 Å². The highest BCUT2D eigenvalue weighted by Gasteiger charge is 2.07. The summed E-state index contributed by atoms with van der Waals surface area (Å²) in [7, 11) is 1.88. The predicted octanol–water partition coefficient (Wildman–Crippen LogP) is 6.01. The number of aryl methyl sites for hydroxylation is 1. The molecular formula is C14H18BrIS. The lowest BCUT2D eigenvalue weighted by molar-refractivity contribution is 0.792. The van der Waals surface area contributed by atoms with E-state index in [1.165, 1.54) is 28.0 Å². The number of hydrogen-bond acceptors (Lipinski definition) is 1. The number of allylic oxidation sites excluding steroid dienone is 1. The van der Waals surface area contributed by atoms with Gasteiger partial charge in [-0.05, 0) is 57.7 Å². The SMILES string of the molecule is C/C(=C/c1c(C)cccc1CBr)C(C)CSI. The van der Waals surface area contributed by atoms with Gasteiger partial charge < -0.3 is 0 Å². The van der Waals surface area contributed by atoms with Gasteiger partial charge in [0.1, 0.15) is 0 Å². The summed E-state index contributed by atoms with van der Waals surface area (Å²) in [6.07, 6.45) is 2.35. The third-order valence-electron chi connectivity index (χ3n) is 3.02. The minimum Gasteiger partial charge on any atom is -0.0888 e. The Hall–Kier alpha value is 0.520. The number of hydrogen-bond donors (Lipinski definition) is 0. The first-order chi connectivity index (χ1) is 8.10. The fraction of sp³-hybridized carbons (Fsp3) is 0.429. The van der Waals surface area contributed by atoms with Gasteiger partial charge in [0.05, 0.1) is 0 Å². The van der Waals surface area contributed by atoms with Crippen molar-refractivity contribution in [2.75, 3.05) is 5.75 Å². The van der Waals surface area contributed by atoms with Gasteiger partial charge in [0.15, 0.2) is 0 Å². The van der Waals surface area contributed by atoms with E-state index in [9.17, 15) is 0 Å². The largest absolute Gasteiger partial charge is 0.0888 e. The van der Waals surface area contributed by atoms with E-state index in [1.54, 1.807) is 0 Å². The minimum atomic E-state index is 0.639. The monoisotopic (exact) mass is 424 g/mol. The third kappa shape index (κ3) is 4.60. The van der Waals surface area contributed by atoms with Gasteiger partial charge in [-0.3, -0.25) is 0 Å². The molecule has 0 aromatic heterocycles. The molecule has 0 fully saturated rings.